The molecule has 1 heterocycles. The van der Waals surface area contributed by atoms with E-state index in [1.165, 1.54) is 0 Å². The Morgan fingerprint density at radius 1 is 0.919 bits per heavy atom. The summed E-state index contributed by atoms with van der Waals surface area (Å²) >= 11 is 0. The van der Waals surface area contributed by atoms with Crippen LogP contribution in [-0.2, 0) is 19.6 Å². The van der Waals surface area contributed by atoms with E-state index in [9.17, 15) is 13.2 Å². The van der Waals surface area contributed by atoms with Crippen molar-refractivity contribution in [3.8, 4) is 22.5 Å². The maximum absolute atomic E-state index is 11.5. The third kappa shape index (κ3) is 9.26. The van der Waals surface area contributed by atoms with Crippen LogP contribution in [0.4, 0.5) is 5.82 Å². The van der Waals surface area contributed by atoms with Crippen molar-refractivity contribution in [3.63, 3.8) is 0 Å². The van der Waals surface area contributed by atoms with Gasteiger partial charge in [-0.25, -0.2) is 13.4 Å². The molecule has 0 unspecified atom stereocenters. The van der Waals surface area contributed by atoms with Crippen LogP contribution in [0.5, 0.6) is 0 Å². The van der Waals surface area contributed by atoms with E-state index in [-0.39, 0.29) is 12.6 Å². The second-order valence-electron chi connectivity index (χ2n) is 9.21. The number of nitrogens with one attached hydrogen (secondary N) is 1. The molecule has 0 saturated heterocycles. The van der Waals surface area contributed by atoms with E-state index in [0.717, 1.165) is 66.8 Å². The van der Waals surface area contributed by atoms with Crippen LogP contribution in [0.15, 0.2) is 66.9 Å². The highest BCUT2D eigenvalue weighted by Crippen LogP contribution is 2.31. The van der Waals surface area contributed by atoms with E-state index >= 15 is 0 Å². The maximum Gasteiger partial charge on any atom is 0.259 e. The summed E-state index contributed by atoms with van der Waals surface area (Å²) in [4.78, 5) is 23.7. The van der Waals surface area contributed by atoms with Crippen LogP contribution in [0.3, 0.4) is 0 Å². The lowest BCUT2D eigenvalue weighted by molar-refractivity contribution is -0.123. The zero-order valence-electron chi connectivity index (χ0n) is 21.8. The summed E-state index contributed by atoms with van der Waals surface area (Å²) in [5.74, 6) is 0.207. The number of benzene rings is 2. The van der Waals surface area contributed by atoms with Crippen LogP contribution in [0.25, 0.3) is 22.5 Å². The second kappa shape index (κ2) is 13.9. The number of hydrogen-bond donors (Lipinski definition) is 1. The minimum absolute atomic E-state index is 0.254. The van der Waals surface area contributed by atoms with Gasteiger partial charge in [0, 0.05) is 30.3 Å². The van der Waals surface area contributed by atoms with E-state index < -0.39 is 15.9 Å². The van der Waals surface area contributed by atoms with Crippen molar-refractivity contribution >= 4 is 21.7 Å². The number of rotatable bonds is 14. The smallest absolute Gasteiger partial charge is 0.259 e. The molecule has 0 radical (unpaired) electrons. The first-order chi connectivity index (χ1) is 17.7. The number of amides is 1. The van der Waals surface area contributed by atoms with Gasteiger partial charge in [0.25, 0.3) is 5.91 Å². The standard InChI is InChI=1S/C28H36N4O4S/c1-22(2)32(18-12-4-5-13-19-36-21-26(33)31-37(3,34)35)25-20-29-27(23-14-8-6-9-15-23)28(30-25)24-16-10-7-11-17-24/h6-11,14-17,20,22H,4-5,12-13,18-19,21H2,1-3H3,(H,31,33). The van der Waals surface area contributed by atoms with Gasteiger partial charge in [-0.2, -0.15) is 0 Å². The first-order valence-corrected chi connectivity index (χ1v) is 14.5. The molecule has 0 bridgehead atoms. The highest BCUT2D eigenvalue weighted by Gasteiger charge is 2.17. The molecule has 198 valence electrons. The molecule has 0 saturated carbocycles. The molecule has 9 heteroatoms. The molecule has 0 fully saturated rings. The van der Waals surface area contributed by atoms with Crippen LogP contribution in [0.1, 0.15) is 39.5 Å². The van der Waals surface area contributed by atoms with E-state index in [0.29, 0.717) is 6.61 Å². The molecule has 1 amide bonds. The van der Waals surface area contributed by atoms with Gasteiger partial charge in [0.15, 0.2) is 0 Å². The Balaban J connectivity index is 1.58. The van der Waals surface area contributed by atoms with E-state index in [1.54, 1.807) is 0 Å². The minimum Gasteiger partial charge on any atom is -0.372 e. The molecular weight excluding hydrogens is 488 g/mol. The molecule has 37 heavy (non-hydrogen) atoms. The summed E-state index contributed by atoms with van der Waals surface area (Å²) in [6.45, 7) is 5.32. The average molecular weight is 525 g/mol. The van der Waals surface area contributed by atoms with Crippen molar-refractivity contribution in [2.24, 2.45) is 0 Å². The van der Waals surface area contributed by atoms with Gasteiger partial charge in [0.2, 0.25) is 10.0 Å². The zero-order chi connectivity index (χ0) is 26.7. The Morgan fingerprint density at radius 2 is 1.51 bits per heavy atom. The van der Waals surface area contributed by atoms with E-state index in [1.807, 2.05) is 47.3 Å². The summed E-state index contributed by atoms with van der Waals surface area (Å²) in [6.07, 6.45) is 6.55. The molecule has 8 nitrogen and oxygen atoms in total. The van der Waals surface area contributed by atoms with Crippen molar-refractivity contribution in [1.82, 2.24) is 14.7 Å². The van der Waals surface area contributed by atoms with Crippen molar-refractivity contribution in [2.75, 3.05) is 30.9 Å². The molecule has 1 N–H and O–H groups in total. The van der Waals surface area contributed by atoms with Crippen molar-refractivity contribution in [1.29, 1.82) is 0 Å². The molecule has 1 aromatic heterocycles. The Bertz CT molecular complexity index is 1240. The van der Waals surface area contributed by atoms with Crippen LogP contribution in [0.2, 0.25) is 0 Å². The van der Waals surface area contributed by atoms with Crippen LogP contribution in [0, 0.1) is 0 Å². The SMILES string of the molecule is CC(C)N(CCCCCCOCC(=O)NS(C)(=O)=O)c1cnc(-c2ccccc2)c(-c2ccccc2)n1. The lowest BCUT2D eigenvalue weighted by Crippen LogP contribution is -2.33. The Morgan fingerprint density at radius 3 is 2.11 bits per heavy atom. The molecule has 0 atom stereocenters. The summed E-state index contributed by atoms with van der Waals surface area (Å²) in [7, 11) is -3.55. The number of unbranched alkanes of at least 4 members (excludes halogenated alkanes) is 3. The Labute approximate surface area is 220 Å². The quantitative estimate of drug-likeness (QED) is 0.306. The van der Waals surface area contributed by atoms with Gasteiger partial charge >= 0.3 is 0 Å². The third-order valence-electron chi connectivity index (χ3n) is 5.74. The molecule has 0 aliphatic carbocycles. The van der Waals surface area contributed by atoms with E-state index in [2.05, 4.69) is 43.0 Å². The van der Waals surface area contributed by atoms with Gasteiger partial charge in [-0.3, -0.25) is 14.5 Å². The largest absolute Gasteiger partial charge is 0.372 e. The lowest BCUT2D eigenvalue weighted by Gasteiger charge is -2.28. The number of anilines is 1. The van der Waals surface area contributed by atoms with Crippen molar-refractivity contribution in [3.05, 3.63) is 66.9 Å². The lowest BCUT2D eigenvalue weighted by atomic mass is 10.0. The number of carbonyl (C=O) groups excluding carboxylic acids is 1. The molecule has 0 aliphatic rings. The minimum atomic E-state index is -3.55. The van der Waals surface area contributed by atoms with Gasteiger partial charge in [0.1, 0.15) is 12.4 Å². The number of aromatic nitrogens is 2. The Hall–Kier alpha value is -3.30. The van der Waals surface area contributed by atoms with Gasteiger partial charge < -0.3 is 9.64 Å². The summed E-state index contributed by atoms with van der Waals surface area (Å²) in [5.41, 5.74) is 3.80. The molecule has 2 aromatic carbocycles. The molecule has 3 aromatic rings. The topological polar surface area (TPSA) is 101 Å². The molecular formula is C28H36N4O4S. The average Bonchev–Trinajstić information content (AvgIpc) is 2.87. The number of sulfonamides is 1. The third-order valence-corrected chi connectivity index (χ3v) is 6.34. The van der Waals surface area contributed by atoms with E-state index in [4.69, 9.17) is 14.7 Å². The first kappa shape index (κ1) is 28.3. The fourth-order valence-electron chi connectivity index (χ4n) is 4.00. The van der Waals surface area contributed by atoms with Gasteiger partial charge in [-0.1, -0.05) is 73.5 Å². The van der Waals surface area contributed by atoms with Gasteiger partial charge in [0.05, 0.1) is 23.8 Å². The fraction of sp³-hybridized carbons (Fsp3) is 0.393. The first-order valence-electron chi connectivity index (χ1n) is 12.6. The summed E-state index contributed by atoms with van der Waals surface area (Å²) < 4.78 is 29.2. The van der Waals surface area contributed by atoms with Crippen molar-refractivity contribution in [2.45, 2.75) is 45.6 Å². The molecule has 0 aliphatic heterocycles. The number of hydrogen-bond acceptors (Lipinski definition) is 7. The predicted octanol–water partition coefficient (Wildman–Crippen LogP) is 4.68. The summed E-state index contributed by atoms with van der Waals surface area (Å²) in [5, 5.41) is 0. The van der Waals surface area contributed by atoms with Crippen LogP contribution < -0.4 is 9.62 Å². The zero-order valence-corrected chi connectivity index (χ0v) is 22.6. The van der Waals surface area contributed by atoms with Crippen molar-refractivity contribution < 1.29 is 17.9 Å². The number of carbonyl (C=O) groups is 1. The predicted molar refractivity (Wildman–Crippen MR) is 148 cm³/mol. The van der Waals surface area contributed by atoms with Crippen LogP contribution >= 0.6 is 0 Å². The maximum atomic E-state index is 11.5. The number of ether oxygens (including phenoxy) is 1. The monoisotopic (exact) mass is 524 g/mol. The highest BCUT2D eigenvalue weighted by molar-refractivity contribution is 7.89. The molecule has 3 rings (SSSR count). The molecule has 0 spiro atoms. The normalized spacial score (nSPS) is 11.5. The van der Waals surface area contributed by atoms with Gasteiger partial charge in [-0.15, -0.1) is 0 Å². The Kier molecular flexibility index (Phi) is 10.6. The second-order valence-corrected chi connectivity index (χ2v) is 11.0. The fourth-order valence-corrected chi connectivity index (χ4v) is 4.47. The van der Waals surface area contributed by atoms with Crippen LogP contribution in [-0.4, -0.2) is 56.3 Å². The summed E-state index contributed by atoms with van der Waals surface area (Å²) in [6, 6.07) is 20.5. The highest BCUT2D eigenvalue weighted by atomic mass is 32.2. The number of nitrogens with zero attached hydrogens (tertiary/aromatic N) is 3. The van der Waals surface area contributed by atoms with Gasteiger partial charge in [-0.05, 0) is 26.7 Å².